The molecule has 1 atom stereocenters. The summed E-state index contributed by atoms with van der Waals surface area (Å²) in [6.07, 6.45) is -0.250. The molecule has 0 aromatic heterocycles. The summed E-state index contributed by atoms with van der Waals surface area (Å²) in [5, 5.41) is 13.4. The van der Waals surface area contributed by atoms with Gasteiger partial charge >= 0.3 is 0 Å². The van der Waals surface area contributed by atoms with Gasteiger partial charge in [0.25, 0.3) is 0 Å². The maximum absolute atomic E-state index is 10.0. The SMILES string of the molecule is CCN(CC)CCNC[C@@H](O)CN1CCN(C)CC1. The molecule has 5 nitrogen and oxygen atoms in total. The normalized spacial score (nSPS) is 20.1. The zero-order valence-electron chi connectivity index (χ0n) is 12.9. The first-order valence-corrected chi connectivity index (χ1v) is 7.67. The highest BCUT2D eigenvalue weighted by Crippen LogP contribution is 2.00. The van der Waals surface area contributed by atoms with Gasteiger partial charge in [-0.05, 0) is 20.1 Å². The minimum Gasteiger partial charge on any atom is -0.390 e. The molecule has 114 valence electrons. The fourth-order valence-corrected chi connectivity index (χ4v) is 2.44. The van der Waals surface area contributed by atoms with Gasteiger partial charge in [-0.2, -0.15) is 0 Å². The van der Waals surface area contributed by atoms with Gasteiger partial charge in [-0.15, -0.1) is 0 Å². The van der Waals surface area contributed by atoms with E-state index in [2.05, 4.69) is 40.9 Å². The quantitative estimate of drug-likeness (QED) is 0.555. The Bertz CT molecular complexity index is 215. The molecule has 0 aromatic carbocycles. The van der Waals surface area contributed by atoms with Gasteiger partial charge in [0.2, 0.25) is 0 Å². The summed E-state index contributed by atoms with van der Waals surface area (Å²) < 4.78 is 0. The predicted molar refractivity (Wildman–Crippen MR) is 80.6 cm³/mol. The molecule has 19 heavy (non-hydrogen) atoms. The van der Waals surface area contributed by atoms with Crippen molar-refractivity contribution in [2.75, 3.05) is 72.5 Å². The summed E-state index contributed by atoms with van der Waals surface area (Å²) in [7, 11) is 2.16. The number of β-amino-alcohol motifs (C(OH)–C–C–N with tert-alkyl or cyclic N) is 1. The standard InChI is InChI=1S/C14H32N4O/c1-4-17(5-2)7-6-15-12-14(19)13-18-10-8-16(3)9-11-18/h14-15,19H,4-13H2,1-3H3/t14-/m1/s1. The second kappa shape index (κ2) is 9.66. The van der Waals surface area contributed by atoms with Crippen LogP contribution in [0.15, 0.2) is 0 Å². The lowest BCUT2D eigenvalue weighted by Crippen LogP contribution is -2.48. The summed E-state index contributed by atoms with van der Waals surface area (Å²) in [5.74, 6) is 0. The molecule has 0 saturated carbocycles. The molecule has 0 spiro atoms. The molecule has 0 radical (unpaired) electrons. The highest BCUT2D eigenvalue weighted by Gasteiger charge is 2.16. The van der Waals surface area contributed by atoms with Crippen LogP contribution in [0.2, 0.25) is 0 Å². The summed E-state index contributed by atoms with van der Waals surface area (Å²) in [5.41, 5.74) is 0. The van der Waals surface area contributed by atoms with Gasteiger partial charge in [0, 0.05) is 52.4 Å². The number of nitrogens with zero attached hydrogens (tertiary/aromatic N) is 3. The van der Waals surface area contributed by atoms with Gasteiger partial charge in [-0.1, -0.05) is 13.8 Å². The van der Waals surface area contributed by atoms with Gasteiger partial charge in [0.15, 0.2) is 0 Å². The van der Waals surface area contributed by atoms with Gasteiger partial charge in [-0.25, -0.2) is 0 Å². The number of nitrogens with one attached hydrogen (secondary N) is 1. The molecule has 1 fully saturated rings. The summed E-state index contributed by atoms with van der Waals surface area (Å²) >= 11 is 0. The van der Waals surface area contributed by atoms with Crippen molar-refractivity contribution >= 4 is 0 Å². The monoisotopic (exact) mass is 272 g/mol. The van der Waals surface area contributed by atoms with E-state index in [4.69, 9.17) is 0 Å². The van der Waals surface area contributed by atoms with Crippen LogP contribution < -0.4 is 5.32 Å². The molecule has 5 heteroatoms. The highest BCUT2D eigenvalue weighted by molar-refractivity contribution is 4.73. The topological polar surface area (TPSA) is 42.0 Å². The number of aliphatic hydroxyl groups is 1. The van der Waals surface area contributed by atoms with Crippen LogP contribution in [0.3, 0.4) is 0 Å². The Labute approximate surface area is 118 Å². The zero-order chi connectivity index (χ0) is 14.1. The molecule has 1 saturated heterocycles. The Morgan fingerprint density at radius 1 is 1.16 bits per heavy atom. The number of hydrogen-bond acceptors (Lipinski definition) is 5. The number of likely N-dealkylation sites (N-methyl/N-ethyl adjacent to an activating group) is 2. The lowest BCUT2D eigenvalue weighted by atomic mass is 10.2. The minimum atomic E-state index is -0.250. The van der Waals surface area contributed by atoms with Crippen LogP contribution in [0.25, 0.3) is 0 Å². The minimum absolute atomic E-state index is 0.250. The van der Waals surface area contributed by atoms with Crippen molar-refractivity contribution in [1.82, 2.24) is 20.0 Å². The summed E-state index contributed by atoms with van der Waals surface area (Å²) in [6, 6.07) is 0. The Morgan fingerprint density at radius 3 is 2.37 bits per heavy atom. The number of rotatable bonds is 9. The number of hydrogen-bond donors (Lipinski definition) is 2. The van der Waals surface area contributed by atoms with E-state index >= 15 is 0 Å². The fourth-order valence-electron chi connectivity index (χ4n) is 2.44. The average molecular weight is 272 g/mol. The van der Waals surface area contributed by atoms with E-state index < -0.39 is 0 Å². The van der Waals surface area contributed by atoms with Gasteiger partial charge in [0.1, 0.15) is 0 Å². The molecule has 0 unspecified atom stereocenters. The Balaban J connectivity index is 2.03. The molecule has 1 heterocycles. The maximum atomic E-state index is 10.0. The van der Waals surface area contributed by atoms with Crippen LogP contribution >= 0.6 is 0 Å². The smallest absolute Gasteiger partial charge is 0.0791 e. The molecule has 0 aromatic rings. The number of piperazine rings is 1. The molecule has 1 aliphatic rings. The van der Waals surface area contributed by atoms with E-state index in [9.17, 15) is 5.11 Å². The molecule has 0 aliphatic carbocycles. The highest BCUT2D eigenvalue weighted by atomic mass is 16.3. The van der Waals surface area contributed by atoms with Gasteiger partial charge in [0.05, 0.1) is 6.10 Å². The summed E-state index contributed by atoms with van der Waals surface area (Å²) in [4.78, 5) is 7.09. The van der Waals surface area contributed by atoms with E-state index in [0.29, 0.717) is 6.54 Å². The van der Waals surface area contributed by atoms with Crippen molar-refractivity contribution in [2.24, 2.45) is 0 Å². The van der Waals surface area contributed by atoms with E-state index in [-0.39, 0.29) is 6.10 Å². The van der Waals surface area contributed by atoms with Gasteiger partial charge < -0.3 is 20.2 Å². The second-order valence-electron chi connectivity index (χ2n) is 5.49. The van der Waals surface area contributed by atoms with Crippen LogP contribution in [0.4, 0.5) is 0 Å². The Kier molecular flexibility index (Phi) is 8.57. The van der Waals surface area contributed by atoms with Crippen LogP contribution in [-0.2, 0) is 0 Å². The third-order valence-electron chi connectivity index (χ3n) is 3.94. The Hall–Kier alpha value is -0.200. The van der Waals surface area contributed by atoms with E-state index in [0.717, 1.165) is 58.9 Å². The lowest BCUT2D eigenvalue weighted by molar-refractivity contribution is 0.0799. The van der Waals surface area contributed by atoms with Crippen molar-refractivity contribution in [1.29, 1.82) is 0 Å². The molecule has 1 rings (SSSR count). The third kappa shape index (κ3) is 7.22. The number of aliphatic hydroxyl groups excluding tert-OH is 1. The van der Waals surface area contributed by atoms with Crippen LogP contribution in [0.5, 0.6) is 0 Å². The zero-order valence-corrected chi connectivity index (χ0v) is 12.9. The molecule has 0 amide bonds. The first-order chi connectivity index (χ1) is 9.15. The first-order valence-electron chi connectivity index (χ1n) is 7.67. The summed E-state index contributed by atoms with van der Waals surface area (Å²) in [6.45, 7) is 14.5. The maximum Gasteiger partial charge on any atom is 0.0791 e. The van der Waals surface area contributed by atoms with E-state index in [1.807, 2.05) is 0 Å². The molecule has 0 bridgehead atoms. The average Bonchev–Trinajstić information content (AvgIpc) is 2.42. The van der Waals surface area contributed by atoms with Gasteiger partial charge in [-0.3, -0.25) is 4.90 Å². The van der Waals surface area contributed by atoms with Crippen molar-refractivity contribution in [2.45, 2.75) is 20.0 Å². The molecule has 2 N–H and O–H groups in total. The molecular weight excluding hydrogens is 240 g/mol. The lowest BCUT2D eigenvalue weighted by Gasteiger charge is -2.33. The third-order valence-corrected chi connectivity index (χ3v) is 3.94. The first kappa shape index (κ1) is 16.9. The predicted octanol–water partition coefficient (Wildman–Crippen LogP) is -0.474. The van der Waals surface area contributed by atoms with Crippen molar-refractivity contribution in [3.63, 3.8) is 0 Å². The van der Waals surface area contributed by atoms with Crippen molar-refractivity contribution < 1.29 is 5.11 Å². The molecule has 1 aliphatic heterocycles. The van der Waals surface area contributed by atoms with Crippen LogP contribution in [0.1, 0.15) is 13.8 Å². The molecular formula is C14H32N4O. The van der Waals surface area contributed by atoms with Crippen molar-refractivity contribution in [3.8, 4) is 0 Å². The Morgan fingerprint density at radius 2 is 1.79 bits per heavy atom. The second-order valence-corrected chi connectivity index (χ2v) is 5.49. The van der Waals surface area contributed by atoms with Crippen LogP contribution in [-0.4, -0.2) is 98.4 Å². The van der Waals surface area contributed by atoms with Crippen molar-refractivity contribution in [3.05, 3.63) is 0 Å². The van der Waals surface area contributed by atoms with E-state index in [1.165, 1.54) is 0 Å². The van der Waals surface area contributed by atoms with E-state index in [1.54, 1.807) is 0 Å². The fraction of sp³-hybridized carbons (Fsp3) is 1.00. The van der Waals surface area contributed by atoms with Crippen LogP contribution in [0, 0.1) is 0 Å². The largest absolute Gasteiger partial charge is 0.390 e.